The topological polar surface area (TPSA) is 162 Å². The zero-order chi connectivity index (χ0) is 29.1. The quantitative estimate of drug-likeness (QED) is 0.374. The Bertz CT molecular complexity index is 1270. The maximum Gasteiger partial charge on any atom is 0.235 e. The highest BCUT2D eigenvalue weighted by Gasteiger charge is 2.69. The smallest absolute Gasteiger partial charge is 0.235 e. The number of Topliss-reactive ketones (excluding diaryl/α,β-unsaturated/α-hetero) is 4. The van der Waals surface area contributed by atoms with Gasteiger partial charge in [-0.1, -0.05) is 0 Å². The number of nitrogens with zero attached hydrogens (tertiary/aromatic N) is 3. The van der Waals surface area contributed by atoms with Crippen LogP contribution < -0.4 is 10.6 Å². The van der Waals surface area contributed by atoms with Gasteiger partial charge in [0.15, 0.2) is 34.7 Å². The van der Waals surface area contributed by atoms with Crippen LogP contribution in [0.3, 0.4) is 0 Å². The van der Waals surface area contributed by atoms with Gasteiger partial charge in [0.25, 0.3) is 0 Å². The summed E-state index contributed by atoms with van der Waals surface area (Å²) in [7, 11) is 8.29. The Kier molecular flexibility index (Phi) is 7.43. The van der Waals surface area contributed by atoms with E-state index >= 15 is 0 Å². The Balaban J connectivity index is 1.87. The fourth-order valence-electron chi connectivity index (χ4n) is 6.74. The van der Waals surface area contributed by atoms with Gasteiger partial charge in [-0.3, -0.25) is 33.8 Å². The Morgan fingerprint density at radius 3 is 2.31 bits per heavy atom. The maximum atomic E-state index is 14.0. The van der Waals surface area contributed by atoms with Crippen LogP contribution in [0.25, 0.3) is 0 Å². The van der Waals surface area contributed by atoms with Crippen molar-refractivity contribution in [2.45, 2.75) is 31.0 Å². The number of ketones is 4. The molecule has 11 nitrogen and oxygen atoms in total. The number of hydrogen-bond donors (Lipinski definition) is 3. The van der Waals surface area contributed by atoms with Crippen LogP contribution in [0, 0.1) is 23.7 Å². The summed E-state index contributed by atoms with van der Waals surface area (Å²) in [5, 5.41) is 22.9. The first-order valence-corrected chi connectivity index (χ1v) is 12.8. The summed E-state index contributed by atoms with van der Waals surface area (Å²) in [6.45, 7) is -0.360. The van der Waals surface area contributed by atoms with Crippen LogP contribution in [0.5, 0.6) is 5.75 Å². The molecule has 3 aliphatic rings. The number of anilines is 1. The predicted octanol–water partition coefficient (Wildman–Crippen LogP) is -0.666. The third-order valence-electron chi connectivity index (χ3n) is 8.51. The van der Waals surface area contributed by atoms with E-state index in [0.717, 1.165) is 0 Å². The number of nitrogens with two attached hydrogens (primary N) is 1. The lowest BCUT2D eigenvalue weighted by atomic mass is 9.52. The second-order valence-electron chi connectivity index (χ2n) is 11.4. The molecule has 3 unspecified atom stereocenters. The molecule has 0 aromatic heterocycles. The summed E-state index contributed by atoms with van der Waals surface area (Å²) in [5.74, 6) is -10.8. The lowest BCUT2D eigenvalue weighted by molar-refractivity contribution is -0.181. The summed E-state index contributed by atoms with van der Waals surface area (Å²) in [6.07, 6.45) is 0.159. The van der Waals surface area contributed by atoms with Gasteiger partial charge < -0.3 is 20.8 Å². The molecule has 1 aromatic carbocycles. The van der Waals surface area contributed by atoms with E-state index in [1.807, 2.05) is 0 Å². The summed E-state index contributed by atoms with van der Waals surface area (Å²) in [4.78, 5) is 71.5. The van der Waals surface area contributed by atoms with Gasteiger partial charge in [-0.15, -0.1) is 0 Å². The van der Waals surface area contributed by atoms with E-state index in [4.69, 9.17) is 5.73 Å². The molecule has 0 radical (unpaired) electrons. The van der Waals surface area contributed by atoms with Crippen molar-refractivity contribution in [3.05, 3.63) is 22.8 Å². The Morgan fingerprint density at radius 1 is 1.13 bits per heavy atom. The van der Waals surface area contributed by atoms with Crippen molar-refractivity contribution in [3.63, 3.8) is 0 Å². The van der Waals surface area contributed by atoms with E-state index < -0.39 is 71.0 Å². The van der Waals surface area contributed by atoms with Crippen LogP contribution in [0.4, 0.5) is 10.1 Å². The van der Waals surface area contributed by atoms with Crippen LogP contribution in [0.15, 0.2) is 6.07 Å². The SMILES string of the molecule is CN(CCF)Cc1cc(N(C)C)c2c(c1O)C(=O)C1C(=O)[C@]3(O)C(=O)C(C(N)=O)C(=O)C(N(C)C)[C@@H]3C[C@@H]1C2. The molecule has 0 saturated heterocycles. The third-order valence-corrected chi connectivity index (χ3v) is 8.51. The predicted molar refractivity (Wildman–Crippen MR) is 138 cm³/mol. The van der Waals surface area contributed by atoms with Crippen LogP contribution in [0.2, 0.25) is 0 Å². The largest absolute Gasteiger partial charge is 0.507 e. The number of carbonyl (C=O) groups excluding carboxylic acids is 5. The number of primary amides is 1. The van der Waals surface area contributed by atoms with Crippen molar-refractivity contribution in [3.8, 4) is 5.75 Å². The van der Waals surface area contributed by atoms with Crippen molar-refractivity contribution in [1.29, 1.82) is 0 Å². The van der Waals surface area contributed by atoms with Crippen molar-refractivity contribution < 1.29 is 38.6 Å². The zero-order valence-electron chi connectivity index (χ0n) is 22.7. The molecule has 2 fully saturated rings. The first-order valence-electron chi connectivity index (χ1n) is 12.8. The molecule has 39 heavy (non-hydrogen) atoms. The Labute approximate surface area is 225 Å². The fraction of sp³-hybridized carbons (Fsp3) is 0.593. The molecule has 6 atom stereocenters. The molecule has 12 heteroatoms. The number of hydrogen-bond acceptors (Lipinski definition) is 10. The molecule has 4 N–H and O–H groups in total. The minimum Gasteiger partial charge on any atom is -0.507 e. The lowest BCUT2D eigenvalue weighted by Gasteiger charge is -2.52. The summed E-state index contributed by atoms with van der Waals surface area (Å²) >= 11 is 0. The van der Waals surface area contributed by atoms with Crippen molar-refractivity contribution >= 4 is 34.7 Å². The van der Waals surface area contributed by atoms with Gasteiger partial charge in [-0.25, -0.2) is 4.39 Å². The Morgan fingerprint density at radius 2 is 1.77 bits per heavy atom. The van der Waals surface area contributed by atoms with Gasteiger partial charge >= 0.3 is 0 Å². The van der Waals surface area contributed by atoms with E-state index in [1.54, 1.807) is 51.1 Å². The number of fused-ring (bicyclic) bond motifs is 3. The summed E-state index contributed by atoms with van der Waals surface area (Å²) < 4.78 is 12.9. The van der Waals surface area contributed by atoms with Gasteiger partial charge in [-0.05, 0) is 51.5 Å². The molecular weight excluding hydrogens is 511 g/mol. The number of carbonyl (C=O) groups is 5. The average Bonchev–Trinajstić information content (AvgIpc) is 2.82. The number of halogens is 1. The second-order valence-corrected chi connectivity index (χ2v) is 11.4. The molecule has 0 spiro atoms. The van der Waals surface area contributed by atoms with Crippen molar-refractivity contribution in [1.82, 2.24) is 9.80 Å². The number of aromatic hydroxyl groups is 1. The van der Waals surface area contributed by atoms with Crippen LogP contribution in [0.1, 0.15) is 27.9 Å². The van der Waals surface area contributed by atoms with Gasteiger partial charge in [0.2, 0.25) is 5.91 Å². The molecule has 212 valence electrons. The minimum absolute atomic E-state index is 0.0154. The Hall–Kier alpha value is -3.22. The zero-order valence-corrected chi connectivity index (χ0v) is 22.7. The molecule has 2 saturated carbocycles. The van der Waals surface area contributed by atoms with E-state index in [0.29, 0.717) is 16.8 Å². The van der Waals surface area contributed by atoms with Gasteiger partial charge in [-0.2, -0.15) is 0 Å². The minimum atomic E-state index is -2.77. The highest BCUT2D eigenvalue weighted by molar-refractivity contribution is 6.32. The van der Waals surface area contributed by atoms with E-state index in [2.05, 4.69) is 0 Å². The van der Waals surface area contributed by atoms with Gasteiger partial charge in [0, 0.05) is 44.4 Å². The van der Waals surface area contributed by atoms with Gasteiger partial charge in [0.1, 0.15) is 12.4 Å². The number of alkyl halides is 1. The molecular formula is C27H35FN4O7. The molecule has 1 aromatic rings. The number of likely N-dealkylation sites (N-methyl/N-ethyl adjacent to an activating group) is 1. The molecule has 0 aliphatic heterocycles. The molecule has 0 bridgehead atoms. The highest BCUT2D eigenvalue weighted by Crippen LogP contribution is 2.52. The molecule has 0 heterocycles. The number of rotatable bonds is 7. The van der Waals surface area contributed by atoms with E-state index in [9.17, 15) is 38.6 Å². The van der Waals surface area contributed by atoms with Crippen LogP contribution >= 0.6 is 0 Å². The monoisotopic (exact) mass is 546 g/mol. The standard InChI is InChI=1S/C27H35FN4O7/c1-30(2)16-10-13(11-32(5)7-6-28)21(33)18-14(16)8-12-9-15-20(31(3)4)23(35)19(26(29)38)25(37)27(15,39)24(36)17(12)22(18)34/h10,12,15,17,19-20,33,39H,6-9,11H2,1-5H3,(H2,29,38)/t12-,15-,17?,19?,20?,27-/m0/s1. The first kappa shape index (κ1) is 28.8. The van der Waals surface area contributed by atoms with Crippen molar-refractivity contribution in [2.75, 3.05) is 53.4 Å². The number of phenolic OH excluding ortho intramolecular Hbond substituents is 1. The second kappa shape index (κ2) is 10.1. The number of benzene rings is 1. The number of phenols is 1. The highest BCUT2D eigenvalue weighted by atomic mass is 19.1. The fourth-order valence-corrected chi connectivity index (χ4v) is 6.74. The number of aliphatic hydroxyl groups is 1. The van der Waals surface area contributed by atoms with E-state index in [-0.39, 0.29) is 37.2 Å². The molecule has 3 aliphatic carbocycles. The lowest BCUT2D eigenvalue weighted by Crippen LogP contribution is -2.74. The normalized spacial score (nSPS) is 30.3. The molecule has 1 amide bonds. The summed E-state index contributed by atoms with van der Waals surface area (Å²) in [6, 6.07) is 0.576. The molecule has 4 rings (SSSR count). The van der Waals surface area contributed by atoms with Crippen LogP contribution in [-0.2, 0) is 32.1 Å². The third kappa shape index (κ3) is 4.25. The van der Waals surface area contributed by atoms with Crippen LogP contribution in [-0.4, -0.2) is 109 Å². The summed E-state index contributed by atoms with van der Waals surface area (Å²) in [5.41, 5.74) is 4.03. The van der Waals surface area contributed by atoms with Crippen molar-refractivity contribution in [2.24, 2.45) is 29.4 Å². The van der Waals surface area contributed by atoms with E-state index in [1.165, 1.54) is 4.90 Å². The average molecular weight is 547 g/mol. The maximum absolute atomic E-state index is 14.0. The first-order chi connectivity index (χ1) is 18.2. The number of amides is 1. The van der Waals surface area contributed by atoms with Gasteiger partial charge in [0.05, 0.1) is 17.5 Å².